The van der Waals surface area contributed by atoms with Crippen LogP contribution in [0.4, 0.5) is 0 Å². The monoisotopic (exact) mass is 174 g/mol. The molecule has 4 unspecified atom stereocenters. The van der Waals surface area contributed by atoms with Crippen molar-refractivity contribution in [1.29, 1.82) is 0 Å². The van der Waals surface area contributed by atoms with Crippen LogP contribution < -0.4 is 0 Å². The molecule has 0 spiro atoms. The van der Waals surface area contributed by atoms with E-state index in [1.165, 1.54) is 6.42 Å². The summed E-state index contributed by atoms with van der Waals surface area (Å²) in [6.07, 6.45) is 1.46. The van der Waals surface area contributed by atoms with Crippen molar-refractivity contribution in [2.75, 3.05) is 0 Å². The van der Waals surface area contributed by atoms with Gasteiger partial charge in [-0.3, -0.25) is 0 Å². The molecule has 1 aromatic carbocycles. The van der Waals surface area contributed by atoms with Gasteiger partial charge in [0, 0.05) is 10.5 Å². The van der Waals surface area contributed by atoms with Crippen molar-refractivity contribution in [1.82, 2.24) is 0 Å². The summed E-state index contributed by atoms with van der Waals surface area (Å²) in [5.41, 5.74) is 3.35. The molecule has 1 aromatic rings. The van der Waals surface area contributed by atoms with Gasteiger partial charge in [0.05, 0.1) is 0 Å². The minimum atomic E-state index is 0.932. The molecule has 0 amide bonds. The number of thioether (sulfide) groups is 1. The minimum Gasteiger partial charge on any atom is -0.152 e. The Kier molecular flexibility index (Phi) is 0.884. The molecular weight excluding hydrogens is 164 g/mol. The minimum absolute atomic E-state index is 0.932. The van der Waals surface area contributed by atoms with Crippen LogP contribution in [-0.4, -0.2) is 10.5 Å². The number of hydrogen-bond acceptors (Lipinski definition) is 1. The number of fused-ring (bicyclic) bond motifs is 8. The first-order valence-electron chi connectivity index (χ1n) is 4.69. The molecule has 1 saturated carbocycles. The van der Waals surface area contributed by atoms with Crippen molar-refractivity contribution in [2.45, 2.75) is 28.8 Å². The van der Waals surface area contributed by atoms with Gasteiger partial charge in [-0.25, -0.2) is 0 Å². The first kappa shape index (κ1) is 6.09. The van der Waals surface area contributed by atoms with Crippen LogP contribution in [0.2, 0.25) is 0 Å². The van der Waals surface area contributed by atoms with Crippen LogP contribution in [0, 0.1) is 0 Å². The van der Waals surface area contributed by atoms with Crippen molar-refractivity contribution in [3.63, 3.8) is 0 Å². The first-order chi connectivity index (χ1) is 5.95. The smallest absolute Gasteiger partial charge is 0.0244 e. The number of hydrogen-bond donors (Lipinski definition) is 0. The summed E-state index contributed by atoms with van der Waals surface area (Å²) in [5.74, 6) is 1.86. The van der Waals surface area contributed by atoms with Crippen LogP contribution in [0.15, 0.2) is 24.3 Å². The molecule has 0 aromatic heterocycles. The molecule has 60 valence electrons. The lowest BCUT2D eigenvalue weighted by atomic mass is 9.92. The van der Waals surface area contributed by atoms with E-state index in [-0.39, 0.29) is 0 Å². The largest absolute Gasteiger partial charge is 0.152 e. The fourth-order valence-electron chi connectivity index (χ4n) is 3.12. The Morgan fingerprint density at radius 2 is 1.58 bits per heavy atom. The quantitative estimate of drug-likeness (QED) is 0.545. The van der Waals surface area contributed by atoms with Gasteiger partial charge in [-0.2, -0.15) is 11.8 Å². The Morgan fingerprint density at radius 1 is 1.00 bits per heavy atom. The normalized spacial score (nSPS) is 45.7. The predicted molar refractivity (Wildman–Crippen MR) is 51.7 cm³/mol. The van der Waals surface area contributed by atoms with Crippen molar-refractivity contribution < 1.29 is 0 Å². The number of rotatable bonds is 0. The van der Waals surface area contributed by atoms with Crippen LogP contribution in [0.1, 0.15) is 29.4 Å². The molecule has 1 aliphatic heterocycles. The molecule has 0 nitrogen and oxygen atoms in total. The molecule has 1 heteroatoms. The van der Waals surface area contributed by atoms with Gasteiger partial charge in [0.25, 0.3) is 0 Å². The van der Waals surface area contributed by atoms with Crippen LogP contribution in [-0.2, 0) is 0 Å². The van der Waals surface area contributed by atoms with Crippen molar-refractivity contribution in [3.8, 4) is 0 Å². The summed E-state index contributed by atoms with van der Waals surface area (Å²) in [7, 11) is 0. The van der Waals surface area contributed by atoms with E-state index in [1.807, 2.05) is 0 Å². The van der Waals surface area contributed by atoms with E-state index >= 15 is 0 Å². The van der Waals surface area contributed by atoms with Crippen LogP contribution in [0.3, 0.4) is 0 Å². The molecule has 12 heavy (non-hydrogen) atoms. The van der Waals surface area contributed by atoms with Crippen molar-refractivity contribution in [2.24, 2.45) is 0 Å². The van der Waals surface area contributed by atoms with E-state index in [9.17, 15) is 0 Å². The summed E-state index contributed by atoms with van der Waals surface area (Å²) >= 11 is 2.21. The van der Waals surface area contributed by atoms with E-state index in [4.69, 9.17) is 0 Å². The molecule has 1 saturated heterocycles. The third-order valence-electron chi connectivity index (χ3n) is 3.66. The maximum Gasteiger partial charge on any atom is 0.0244 e. The summed E-state index contributed by atoms with van der Waals surface area (Å²) in [4.78, 5) is 0. The highest BCUT2D eigenvalue weighted by Crippen LogP contribution is 2.70. The lowest BCUT2D eigenvalue weighted by molar-refractivity contribution is 0.759. The number of benzene rings is 1. The molecule has 2 bridgehead atoms. The maximum absolute atomic E-state index is 2.34. The van der Waals surface area contributed by atoms with E-state index in [2.05, 4.69) is 36.0 Å². The molecule has 4 rings (SSSR count). The van der Waals surface area contributed by atoms with E-state index in [1.54, 1.807) is 11.1 Å². The average Bonchev–Trinajstić information content (AvgIpc) is 2.74. The lowest BCUT2D eigenvalue weighted by Gasteiger charge is -2.11. The highest BCUT2D eigenvalue weighted by atomic mass is 32.2. The van der Waals surface area contributed by atoms with Gasteiger partial charge >= 0.3 is 0 Å². The fourth-order valence-corrected chi connectivity index (χ4v) is 4.67. The van der Waals surface area contributed by atoms with E-state index in [0.29, 0.717) is 0 Å². The molecule has 4 atom stereocenters. The van der Waals surface area contributed by atoms with Crippen LogP contribution in [0.5, 0.6) is 0 Å². The summed E-state index contributed by atoms with van der Waals surface area (Å²) in [6, 6.07) is 9.08. The molecule has 1 heterocycles. The van der Waals surface area contributed by atoms with Gasteiger partial charge in [0.15, 0.2) is 0 Å². The molecule has 2 fully saturated rings. The standard InChI is InChI=1S/C11H10S/c1-2-4-7-6(3-1)8-5-9(7)11-10(8)12-11/h1-4,8-11H,5H2. The Labute approximate surface area is 76.4 Å². The van der Waals surface area contributed by atoms with E-state index < -0.39 is 0 Å². The first-order valence-corrected chi connectivity index (χ1v) is 5.64. The van der Waals surface area contributed by atoms with Gasteiger partial charge in [0.2, 0.25) is 0 Å². The van der Waals surface area contributed by atoms with Gasteiger partial charge in [-0.05, 0) is 29.4 Å². The van der Waals surface area contributed by atoms with Gasteiger partial charge in [-0.1, -0.05) is 24.3 Å². The van der Waals surface area contributed by atoms with Gasteiger partial charge < -0.3 is 0 Å². The third kappa shape index (κ3) is 0.526. The molecule has 2 aliphatic carbocycles. The Bertz CT molecular complexity index is 325. The van der Waals surface area contributed by atoms with Gasteiger partial charge in [0.1, 0.15) is 0 Å². The second kappa shape index (κ2) is 1.74. The predicted octanol–water partition coefficient (Wildman–Crippen LogP) is 2.76. The summed E-state index contributed by atoms with van der Waals surface area (Å²) < 4.78 is 0. The van der Waals surface area contributed by atoms with Crippen molar-refractivity contribution in [3.05, 3.63) is 35.4 Å². The molecule has 0 N–H and O–H groups in total. The summed E-state index contributed by atoms with van der Waals surface area (Å²) in [6.45, 7) is 0. The second-order valence-corrected chi connectivity index (χ2v) is 5.50. The zero-order valence-electron chi connectivity index (χ0n) is 6.73. The maximum atomic E-state index is 2.34. The average molecular weight is 174 g/mol. The molecular formula is C11H10S. The van der Waals surface area contributed by atoms with Crippen LogP contribution >= 0.6 is 11.8 Å². The van der Waals surface area contributed by atoms with Crippen molar-refractivity contribution >= 4 is 11.8 Å². The van der Waals surface area contributed by atoms with E-state index in [0.717, 1.165) is 22.3 Å². The van der Waals surface area contributed by atoms with Crippen LogP contribution in [0.25, 0.3) is 0 Å². The lowest BCUT2D eigenvalue weighted by Crippen LogP contribution is -2.06. The zero-order chi connectivity index (χ0) is 7.71. The molecule has 3 aliphatic rings. The fraction of sp³-hybridized carbons (Fsp3) is 0.455. The van der Waals surface area contributed by atoms with Gasteiger partial charge in [-0.15, -0.1) is 0 Å². The molecule has 0 radical (unpaired) electrons. The highest BCUT2D eigenvalue weighted by Gasteiger charge is 2.60. The summed E-state index contributed by atoms with van der Waals surface area (Å²) in [5, 5.41) is 2.04. The highest BCUT2D eigenvalue weighted by molar-refractivity contribution is 8.07. The Hall–Kier alpha value is -0.430. The Morgan fingerprint density at radius 3 is 2.17 bits per heavy atom. The SMILES string of the molecule is c1ccc2c(c1)C1CC2C2SC12. The second-order valence-electron chi connectivity index (χ2n) is 4.14. The zero-order valence-corrected chi connectivity index (χ0v) is 7.55. The third-order valence-corrected chi connectivity index (χ3v) is 5.22. The Balaban J connectivity index is 2.01. The topological polar surface area (TPSA) is 0 Å².